The molecular formula is C21H24F2N4O3. The lowest BCUT2D eigenvalue weighted by atomic mass is 10.1. The second-order valence-corrected chi connectivity index (χ2v) is 7.76. The number of aliphatic hydroxyl groups is 1. The predicted molar refractivity (Wildman–Crippen MR) is 108 cm³/mol. The molecule has 3 rings (SSSR count). The van der Waals surface area contributed by atoms with Crippen LogP contribution in [0.15, 0.2) is 36.4 Å². The number of halogens is 2. The number of carbonyl (C=O) groups excluding carboxylic acids is 1. The summed E-state index contributed by atoms with van der Waals surface area (Å²) < 4.78 is 34.4. The zero-order chi connectivity index (χ0) is 22.1. The second-order valence-electron chi connectivity index (χ2n) is 7.76. The number of rotatable bonds is 8. The first-order chi connectivity index (χ1) is 14.0. The van der Waals surface area contributed by atoms with Crippen LogP contribution >= 0.6 is 0 Å². The number of carbonyl (C=O) groups is 1. The van der Waals surface area contributed by atoms with Crippen molar-refractivity contribution in [1.82, 2.24) is 14.9 Å². The Bertz CT molecular complexity index is 1080. The van der Waals surface area contributed by atoms with E-state index >= 15 is 0 Å². The number of nitrogens with two attached hydrogens (primary N) is 1. The molecule has 1 aromatic heterocycles. The summed E-state index contributed by atoms with van der Waals surface area (Å²) in [6, 6.07) is 7.50. The van der Waals surface area contributed by atoms with Gasteiger partial charge in [-0.2, -0.15) is 0 Å². The first-order valence-electron chi connectivity index (χ1n) is 9.40. The monoisotopic (exact) mass is 418 g/mol. The van der Waals surface area contributed by atoms with E-state index in [9.17, 15) is 18.7 Å². The number of amides is 1. The highest BCUT2D eigenvalue weighted by molar-refractivity contribution is 5.79. The zero-order valence-electron chi connectivity index (χ0n) is 16.9. The Labute approximate surface area is 172 Å². The topological polar surface area (TPSA) is 102 Å². The van der Waals surface area contributed by atoms with Gasteiger partial charge in [0.15, 0.2) is 11.6 Å². The molecule has 0 bridgehead atoms. The highest BCUT2D eigenvalue weighted by Crippen LogP contribution is 2.29. The van der Waals surface area contributed by atoms with Crippen molar-refractivity contribution in [2.75, 3.05) is 0 Å². The van der Waals surface area contributed by atoms with Crippen molar-refractivity contribution in [2.45, 2.75) is 45.5 Å². The molecule has 1 amide bonds. The van der Waals surface area contributed by atoms with Crippen LogP contribution in [0.3, 0.4) is 0 Å². The molecule has 0 spiro atoms. The molecule has 0 radical (unpaired) electrons. The molecule has 2 aromatic carbocycles. The number of nitrogens with zero attached hydrogens (tertiary/aromatic N) is 2. The van der Waals surface area contributed by atoms with Crippen LogP contribution in [0.4, 0.5) is 8.78 Å². The fourth-order valence-corrected chi connectivity index (χ4v) is 2.94. The van der Waals surface area contributed by atoms with Crippen LogP contribution in [0.2, 0.25) is 0 Å². The Balaban J connectivity index is 1.97. The van der Waals surface area contributed by atoms with Crippen LogP contribution < -0.4 is 15.8 Å². The zero-order valence-corrected chi connectivity index (χ0v) is 16.9. The molecule has 4 N–H and O–H groups in total. The Kier molecular flexibility index (Phi) is 6.04. The van der Waals surface area contributed by atoms with E-state index in [1.807, 2.05) is 0 Å². The maximum absolute atomic E-state index is 13.9. The highest BCUT2D eigenvalue weighted by atomic mass is 19.1. The fraction of sp³-hybridized carbons (Fsp3) is 0.333. The molecule has 1 heterocycles. The van der Waals surface area contributed by atoms with Gasteiger partial charge in [0.2, 0.25) is 5.91 Å². The van der Waals surface area contributed by atoms with Crippen molar-refractivity contribution < 1.29 is 23.4 Å². The van der Waals surface area contributed by atoms with E-state index in [1.165, 1.54) is 6.07 Å². The molecule has 0 fully saturated rings. The van der Waals surface area contributed by atoms with Crippen LogP contribution in [0.1, 0.15) is 26.6 Å². The number of aromatic nitrogens is 2. The van der Waals surface area contributed by atoms with Gasteiger partial charge in [0, 0.05) is 12.1 Å². The molecule has 1 atom stereocenters. The predicted octanol–water partition coefficient (Wildman–Crippen LogP) is 2.84. The van der Waals surface area contributed by atoms with Crippen molar-refractivity contribution in [3.8, 4) is 11.5 Å². The van der Waals surface area contributed by atoms with Crippen molar-refractivity contribution in [1.29, 1.82) is 0 Å². The van der Waals surface area contributed by atoms with E-state index in [0.717, 1.165) is 12.1 Å². The lowest BCUT2D eigenvalue weighted by molar-refractivity contribution is -0.119. The number of nitrogens with one attached hydrogen (secondary N) is 1. The van der Waals surface area contributed by atoms with Crippen LogP contribution in [-0.2, 0) is 17.9 Å². The molecule has 0 aliphatic heterocycles. The molecule has 9 heteroatoms. The normalized spacial score (nSPS) is 12.9. The fourth-order valence-electron chi connectivity index (χ4n) is 2.94. The van der Waals surface area contributed by atoms with E-state index in [2.05, 4.69) is 10.3 Å². The van der Waals surface area contributed by atoms with Crippen LogP contribution in [0.5, 0.6) is 11.5 Å². The van der Waals surface area contributed by atoms with Gasteiger partial charge in [-0.1, -0.05) is 0 Å². The minimum atomic E-state index is -1.04. The van der Waals surface area contributed by atoms with Gasteiger partial charge in [-0.05, 0) is 45.0 Å². The first kappa shape index (κ1) is 21.7. The molecule has 0 saturated heterocycles. The Morgan fingerprint density at radius 3 is 2.67 bits per heavy atom. The van der Waals surface area contributed by atoms with Gasteiger partial charge in [-0.25, -0.2) is 13.8 Å². The van der Waals surface area contributed by atoms with Crippen molar-refractivity contribution >= 4 is 16.9 Å². The smallest absolute Gasteiger partial charge is 0.234 e. The van der Waals surface area contributed by atoms with Crippen LogP contribution in [0.25, 0.3) is 11.0 Å². The van der Waals surface area contributed by atoms with Crippen LogP contribution in [0, 0.1) is 11.6 Å². The van der Waals surface area contributed by atoms with E-state index < -0.39 is 29.2 Å². The molecule has 30 heavy (non-hydrogen) atoms. The average molecular weight is 418 g/mol. The van der Waals surface area contributed by atoms with E-state index in [4.69, 9.17) is 10.5 Å². The lowest BCUT2D eigenvalue weighted by Crippen LogP contribution is -2.39. The molecule has 160 valence electrons. The summed E-state index contributed by atoms with van der Waals surface area (Å²) in [5.74, 6) is -1.19. The standard InChI is InChI=1S/C21H24F2N4O3/c1-12(20(24)28)25-10-19-26-16-6-5-14(9-17(16)27(19)11-21(2,3)29)30-18-7-4-13(22)8-15(18)23/h4-9,12,25,29H,10-11H2,1-3H3,(H2,24,28)/t12-/m0/s1. The number of hydrogen-bond acceptors (Lipinski definition) is 5. The van der Waals surface area contributed by atoms with Gasteiger partial charge in [0.05, 0.1) is 35.8 Å². The number of imidazole rings is 1. The lowest BCUT2D eigenvalue weighted by Gasteiger charge is -2.21. The minimum absolute atomic E-state index is 0.110. The Morgan fingerprint density at radius 2 is 2.03 bits per heavy atom. The first-order valence-corrected chi connectivity index (χ1v) is 9.40. The number of fused-ring (bicyclic) bond motifs is 1. The molecule has 0 unspecified atom stereocenters. The molecule has 0 aliphatic carbocycles. The Hall–Kier alpha value is -3.04. The molecular weight excluding hydrogens is 394 g/mol. The summed E-state index contributed by atoms with van der Waals surface area (Å²) in [6.45, 7) is 5.44. The summed E-state index contributed by atoms with van der Waals surface area (Å²) in [5, 5.41) is 13.3. The number of primary amides is 1. The summed E-state index contributed by atoms with van der Waals surface area (Å²) >= 11 is 0. The van der Waals surface area contributed by atoms with Gasteiger partial charge >= 0.3 is 0 Å². The Morgan fingerprint density at radius 1 is 1.30 bits per heavy atom. The SMILES string of the molecule is C[C@H](NCc1nc2ccc(Oc3ccc(F)cc3F)cc2n1CC(C)(C)O)C(N)=O. The summed E-state index contributed by atoms with van der Waals surface area (Å²) in [7, 11) is 0. The third-order valence-electron chi connectivity index (χ3n) is 4.46. The number of hydrogen-bond donors (Lipinski definition) is 3. The van der Waals surface area contributed by atoms with Gasteiger partial charge in [0.1, 0.15) is 17.4 Å². The van der Waals surface area contributed by atoms with E-state index in [0.29, 0.717) is 22.6 Å². The van der Waals surface area contributed by atoms with Gasteiger partial charge < -0.3 is 20.1 Å². The minimum Gasteiger partial charge on any atom is -0.454 e. The van der Waals surface area contributed by atoms with E-state index in [-0.39, 0.29) is 18.8 Å². The van der Waals surface area contributed by atoms with Gasteiger partial charge in [-0.15, -0.1) is 0 Å². The van der Waals surface area contributed by atoms with Gasteiger partial charge in [-0.3, -0.25) is 10.1 Å². The molecule has 0 saturated carbocycles. The van der Waals surface area contributed by atoms with Gasteiger partial charge in [0.25, 0.3) is 0 Å². The summed E-state index contributed by atoms with van der Waals surface area (Å²) in [5.41, 5.74) is 5.53. The van der Waals surface area contributed by atoms with E-state index in [1.54, 1.807) is 43.5 Å². The highest BCUT2D eigenvalue weighted by Gasteiger charge is 2.20. The maximum Gasteiger partial charge on any atom is 0.234 e. The summed E-state index contributed by atoms with van der Waals surface area (Å²) in [6.07, 6.45) is 0. The summed E-state index contributed by atoms with van der Waals surface area (Å²) in [4.78, 5) is 15.9. The number of ether oxygens (including phenoxy) is 1. The van der Waals surface area contributed by atoms with Crippen LogP contribution in [-0.4, -0.2) is 32.2 Å². The van der Waals surface area contributed by atoms with Crippen molar-refractivity contribution in [2.24, 2.45) is 5.73 Å². The maximum atomic E-state index is 13.9. The molecule has 3 aromatic rings. The van der Waals surface area contributed by atoms with Crippen molar-refractivity contribution in [3.05, 3.63) is 53.9 Å². The second kappa shape index (κ2) is 8.37. The number of benzene rings is 2. The average Bonchev–Trinajstić information content (AvgIpc) is 2.97. The quantitative estimate of drug-likeness (QED) is 0.522. The van der Waals surface area contributed by atoms with Crippen molar-refractivity contribution in [3.63, 3.8) is 0 Å². The third kappa shape index (κ3) is 5.11. The molecule has 0 aliphatic rings. The molecule has 7 nitrogen and oxygen atoms in total. The third-order valence-corrected chi connectivity index (χ3v) is 4.46. The largest absolute Gasteiger partial charge is 0.454 e.